The Morgan fingerprint density at radius 1 is 0.143 bits per heavy atom. The maximum atomic E-state index is 2.63. The zero-order valence-electron chi connectivity index (χ0n) is 68.3. The van der Waals surface area contributed by atoms with Crippen molar-refractivity contribution in [2.24, 2.45) is 0 Å². The Hall–Kier alpha value is -15.3. The molecular formula is C122H72N2S2. The molecule has 0 saturated heterocycles. The molecule has 29 rings (SSSR count). The molecule has 0 saturated carbocycles. The quantitative estimate of drug-likeness (QED) is 0.140. The van der Waals surface area contributed by atoms with E-state index in [9.17, 15) is 0 Å². The number of rotatable bonds is 8. The van der Waals surface area contributed by atoms with Crippen molar-refractivity contribution in [3.8, 4) is 110 Å². The van der Waals surface area contributed by atoms with E-state index in [4.69, 9.17) is 0 Å². The first-order chi connectivity index (χ1) is 62.5. The summed E-state index contributed by atoms with van der Waals surface area (Å²) in [4.78, 5) is 7.71. The summed E-state index contributed by atoms with van der Waals surface area (Å²) in [5.41, 5.74) is 47.9. The highest BCUT2D eigenvalue weighted by Crippen LogP contribution is 2.70. The van der Waals surface area contributed by atoms with Crippen molar-refractivity contribution in [3.63, 3.8) is 0 Å². The molecule has 582 valence electrons. The smallest absolute Gasteiger partial charge is 0.0726 e. The van der Waals surface area contributed by atoms with Crippen molar-refractivity contribution in [1.82, 2.24) is 0 Å². The first-order valence-electron chi connectivity index (χ1n) is 44.0. The summed E-state index contributed by atoms with van der Waals surface area (Å²) in [6.07, 6.45) is 0. The Morgan fingerprint density at radius 2 is 0.317 bits per heavy atom. The number of fused-ring (bicyclic) bond motifs is 43. The predicted octanol–water partition coefficient (Wildman–Crippen LogP) is 31.8. The van der Waals surface area contributed by atoms with E-state index >= 15 is 0 Å². The Morgan fingerprint density at radius 3 is 0.508 bits per heavy atom. The van der Waals surface area contributed by atoms with Gasteiger partial charge in [-0.3, -0.25) is 0 Å². The van der Waals surface area contributed by atoms with E-state index in [1.807, 2.05) is 22.7 Å². The Bertz CT molecular complexity index is 7270. The van der Waals surface area contributed by atoms with Crippen molar-refractivity contribution >= 4 is 78.3 Å². The second-order valence-electron chi connectivity index (χ2n) is 35.3. The number of anilines is 6. The lowest BCUT2D eigenvalue weighted by atomic mass is 9.70. The van der Waals surface area contributed by atoms with E-state index in [2.05, 4.69) is 445 Å². The number of thiophene rings is 2. The SMILES string of the molecule is c1csc(-c2c(-c3cccs3)c3ccc(N(c4ccc5c(c4)C4(c6ccccc6-c6ccccc64)c4ccccc4-5)c4ccc5c(c4)C4(c6ccccc6-c6ccccc64)c4ccccc4-5)cc3c3cc(N(c4ccc5c(c4)C4(c6ccccc6-c6ccccc64)c4ccccc4-5)c4ccc5c(c4)C4(c6ccccc6-c6ccccc64)c4ccccc4-5)ccc23)c1. The molecule has 2 aromatic heterocycles. The number of hydrogen-bond donors (Lipinski definition) is 0. The lowest BCUT2D eigenvalue weighted by molar-refractivity contribution is 0.792. The summed E-state index contributed by atoms with van der Waals surface area (Å²) in [6.45, 7) is 0. The first-order valence-corrected chi connectivity index (χ1v) is 45.7. The van der Waals surface area contributed by atoms with Gasteiger partial charge in [0.15, 0.2) is 0 Å². The zero-order valence-corrected chi connectivity index (χ0v) is 69.9. The number of benzene rings is 19. The van der Waals surface area contributed by atoms with Gasteiger partial charge in [0.2, 0.25) is 0 Å². The van der Waals surface area contributed by atoms with Crippen LogP contribution in [0.3, 0.4) is 0 Å². The van der Waals surface area contributed by atoms with Crippen molar-refractivity contribution in [1.29, 1.82) is 0 Å². The van der Waals surface area contributed by atoms with E-state index in [1.54, 1.807) is 0 Å². The van der Waals surface area contributed by atoms with Crippen LogP contribution in [0.2, 0.25) is 0 Å². The van der Waals surface area contributed by atoms with Crippen LogP contribution in [-0.4, -0.2) is 0 Å². The molecule has 0 radical (unpaired) electrons. The van der Waals surface area contributed by atoms with Crippen LogP contribution in [0.1, 0.15) is 89.0 Å². The zero-order chi connectivity index (χ0) is 82.0. The van der Waals surface area contributed by atoms with Gasteiger partial charge in [-0.15, -0.1) is 22.7 Å². The van der Waals surface area contributed by atoms with E-state index in [0.29, 0.717) is 0 Å². The minimum atomic E-state index is -0.595. The van der Waals surface area contributed by atoms with Crippen molar-refractivity contribution in [2.75, 3.05) is 9.80 Å². The molecule has 0 aliphatic heterocycles. The molecular weight excluding hydrogens is 1560 g/mol. The average molecular weight is 1630 g/mol. The molecule has 0 unspecified atom stereocenters. The molecule has 0 amide bonds. The highest BCUT2D eigenvalue weighted by Gasteiger charge is 2.57. The lowest BCUT2D eigenvalue weighted by Gasteiger charge is -2.34. The summed E-state index contributed by atoms with van der Waals surface area (Å²) < 4.78 is 0. The van der Waals surface area contributed by atoms with Crippen LogP contribution in [-0.2, 0) is 21.7 Å². The highest BCUT2D eigenvalue weighted by atomic mass is 32.1. The van der Waals surface area contributed by atoms with Gasteiger partial charge in [-0.05, 0) is 295 Å². The summed E-state index contributed by atoms with van der Waals surface area (Å²) in [7, 11) is 0. The maximum Gasteiger partial charge on any atom is 0.0726 e. The normalized spacial score (nSPS) is 14.6. The molecule has 2 heterocycles. The summed E-state index contributed by atoms with van der Waals surface area (Å²) >= 11 is 3.65. The fraction of sp³-hybridized carbons (Fsp3) is 0.0328. The standard InChI is InChI=1S/C122H72N2S2/c1-13-39-99-79(27-1)80-28-2-14-40-100(80)119(99)107-47-21-9-35-87(107)91-59-53-75(69-111(91)119)123(76-54-60-92-88-36-10-22-48-108(88)120(112(92)70-76)101-41-15-3-29-81(101)82-30-4-16-42-102(82)120)73-57-63-95-97(67-73)98-68-74(58-64-96(98)118(116-52-26-66-126-116)117(95)115-51-25-65-125-115)124(77-55-61-93-89-37-11-23-49-109(89)121(113(93)71-77)103-43-17-5-31-83(103)84-32-6-18-44-104(84)121)78-56-62-94-90-38-12-24-50-110(90)122(114(94)72-78)105-45-19-7-33-85(105)86-34-8-20-46-106(86)122/h1-72H. The van der Waals surface area contributed by atoms with Gasteiger partial charge in [0.05, 0.1) is 21.7 Å². The third-order valence-electron chi connectivity index (χ3n) is 30.1. The highest BCUT2D eigenvalue weighted by molar-refractivity contribution is 7.14. The molecule has 8 aliphatic carbocycles. The van der Waals surface area contributed by atoms with Crippen LogP contribution in [0.15, 0.2) is 435 Å². The Balaban J connectivity index is 0.718. The van der Waals surface area contributed by atoms with E-state index in [1.165, 1.54) is 210 Å². The lowest BCUT2D eigenvalue weighted by Crippen LogP contribution is -2.26. The topological polar surface area (TPSA) is 6.48 Å². The fourth-order valence-corrected chi connectivity index (χ4v) is 27.2. The monoisotopic (exact) mass is 1630 g/mol. The maximum absolute atomic E-state index is 2.63. The van der Waals surface area contributed by atoms with Gasteiger partial charge in [-0.25, -0.2) is 0 Å². The van der Waals surface area contributed by atoms with Crippen LogP contribution < -0.4 is 9.80 Å². The van der Waals surface area contributed by atoms with Crippen molar-refractivity contribution in [3.05, 3.63) is 524 Å². The van der Waals surface area contributed by atoms with Gasteiger partial charge < -0.3 is 9.80 Å². The average Bonchev–Trinajstić information content (AvgIpc) is 1.53. The number of nitrogens with zero attached hydrogens (tertiary/aromatic N) is 2. The second kappa shape index (κ2) is 25.2. The molecule has 2 nitrogen and oxygen atoms in total. The molecule has 126 heavy (non-hydrogen) atoms. The minimum Gasteiger partial charge on any atom is -0.310 e. The summed E-state index contributed by atoms with van der Waals surface area (Å²) in [5, 5.41) is 9.22. The molecule has 4 spiro atoms. The van der Waals surface area contributed by atoms with Crippen LogP contribution in [0.25, 0.3) is 131 Å². The molecule has 0 fully saturated rings. The fourth-order valence-electron chi connectivity index (χ4n) is 25.6. The second-order valence-corrected chi connectivity index (χ2v) is 37.2. The Kier molecular flexibility index (Phi) is 13.9. The van der Waals surface area contributed by atoms with E-state index < -0.39 is 21.7 Å². The van der Waals surface area contributed by atoms with Gasteiger partial charge in [-0.1, -0.05) is 340 Å². The van der Waals surface area contributed by atoms with E-state index in [-0.39, 0.29) is 0 Å². The van der Waals surface area contributed by atoms with Gasteiger partial charge in [-0.2, -0.15) is 0 Å². The largest absolute Gasteiger partial charge is 0.310 e. The minimum absolute atomic E-state index is 0.595. The third kappa shape index (κ3) is 8.52. The molecule has 19 aromatic carbocycles. The first kappa shape index (κ1) is 69.2. The number of hydrogen-bond acceptors (Lipinski definition) is 4. The molecule has 4 heteroatoms. The van der Waals surface area contributed by atoms with Crippen molar-refractivity contribution < 1.29 is 0 Å². The van der Waals surface area contributed by atoms with Crippen LogP contribution in [0, 0.1) is 0 Å². The summed E-state index contributed by atoms with van der Waals surface area (Å²) in [6, 6.07) is 165. The van der Waals surface area contributed by atoms with Crippen LogP contribution in [0.4, 0.5) is 34.1 Å². The van der Waals surface area contributed by atoms with Gasteiger partial charge in [0, 0.05) is 55.0 Å². The van der Waals surface area contributed by atoms with Crippen LogP contribution >= 0.6 is 22.7 Å². The van der Waals surface area contributed by atoms with Crippen LogP contribution in [0.5, 0.6) is 0 Å². The molecule has 0 bridgehead atoms. The Labute approximate surface area is 738 Å². The third-order valence-corrected chi connectivity index (χ3v) is 31.9. The molecule has 0 N–H and O–H groups in total. The molecule has 0 atom stereocenters. The predicted molar refractivity (Wildman–Crippen MR) is 523 cm³/mol. The molecule has 21 aromatic rings. The van der Waals surface area contributed by atoms with Gasteiger partial charge in [0.1, 0.15) is 0 Å². The van der Waals surface area contributed by atoms with E-state index in [0.717, 1.165) is 44.9 Å². The van der Waals surface area contributed by atoms with Gasteiger partial charge in [0.25, 0.3) is 0 Å². The van der Waals surface area contributed by atoms with Gasteiger partial charge >= 0.3 is 0 Å². The summed E-state index contributed by atoms with van der Waals surface area (Å²) in [5.74, 6) is 0. The van der Waals surface area contributed by atoms with Crippen molar-refractivity contribution in [2.45, 2.75) is 21.7 Å². The molecule has 8 aliphatic rings.